The fourth-order valence-electron chi connectivity index (χ4n) is 3.04. The van der Waals surface area contributed by atoms with Crippen LogP contribution in [-0.2, 0) is 14.3 Å². The minimum atomic E-state index is -0.617. The predicted octanol–water partition coefficient (Wildman–Crippen LogP) is 5.25. The Labute approximate surface area is 198 Å². The van der Waals surface area contributed by atoms with E-state index in [4.69, 9.17) is 14.2 Å². The molecule has 1 N–H and O–H groups in total. The molecule has 0 saturated heterocycles. The molecule has 7 heteroatoms. The van der Waals surface area contributed by atoms with Crippen molar-refractivity contribution in [1.82, 2.24) is 0 Å². The summed E-state index contributed by atoms with van der Waals surface area (Å²) in [5.74, 6) is 0.734. The Morgan fingerprint density at radius 1 is 0.765 bits per heavy atom. The average Bonchev–Trinajstić information content (AvgIpc) is 2.84. The van der Waals surface area contributed by atoms with Crippen molar-refractivity contribution in [3.05, 3.63) is 83.4 Å². The molecule has 1 amide bonds. The largest absolute Gasteiger partial charge is 0.497 e. The highest BCUT2D eigenvalue weighted by molar-refractivity contribution is 5.98. The zero-order chi connectivity index (χ0) is 24.5. The van der Waals surface area contributed by atoms with Crippen molar-refractivity contribution in [2.75, 3.05) is 19.0 Å². The molecule has 0 aliphatic rings. The highest BCUT2D eigenvalue weighted by Gasteiger charge is 2.12. The number of ether oxygens (including phenoxy) is 3. The molecule has 0 aromatic heterocycles. The maximum atomic E-state index is 12.2. The number of hydrogen-bond donors (Lipinski definition) is 1. The Balaban J connectivity index is 1.40. The van der Waals surface area contributed by atoms with Crippen LogP contribution in [0.4, 0.5) is 5.69 Å². The molecule has 0 aliphatic carbocycles. The summed E-state index contributed by atoms with van der Waals surface area (Å²) in [6, 6.07) is 19.3. The summed E-state index contributed by atoms with van der Waals surface area (Å²) < 4.78 is 15.9. The third-order valence-electron chi connectivity index (χ3n) is 5.18. The molecule has 3 rings (SSSR count). The number of Topliss-reactive ketones (excluding diaryl/α,β-unsaturated/α-hetero) is 1. The van der Waals surface area contributed by atoms with Crippen LogP contribution in [0.5, 0.6) is 17.2 Å². The number of anilines is 1. The van der Waals surface area contributed by atoms with E-state index < -0.39 is 5.97 Å². The summed E-state index contributed by atoms with van der Waals surface area (Å²) >= 11 is 0. The van der Waals surface area contributed by atoms with E-state index in [1.807, 2.05) is 32.0 Å². The van der Waals surface area contributed by atoms with Crippen LogP contribution in [0, 0.1) is 13.8 Å². The molecular weight excluding hydrogens is 434 g/mol. The van der Waals surface area contributed by atoms with Crippen LogP contribution < -0.4 is 14.8 Å². The van der Waals surface area contributed by atoms with Gasteiger partial charge >= 0.3 is 5.97 Å². The van der Waals surface area contributed by atoms with Gasteiger partial charge in [0.15, 0.2) is 12.4 Å². The zero-order valence-electron chi connectivity index (χ0n) is 19.4. The molecule has 176 valence electrons. The van der Waals surface area contributed by atoms with E-state index in [0.29, 0.717) is 22.7 Å². The first-order valence-electron chi connectivity index (χ1n) is 10.8. The lowest BCUT2D eigenvalue weighted by Gasteiger charge is -2.09. The van der Waals surface area contributed by atoms with E-state index in [1.165, 1.54) is 12.7 Å². The third-order valence-corrected chi connectivity index (χ3v) is 5.18. The SMILES string of the molecule is COc1ccc(C(=O)COC(=O)CCC(=O)Nc2ccc(Oc3ccc(C)c(C)c3)cc2)cc1. The number of benzene rings is 3. The van der Waals surface area contributed by atoms with E-state index >= 15 is 0 Å². The van der Waals surface area contributed by atoms with Crippen LogP contribution in [0.1, 0.15) is 34.3 Å². The van der Waals surface area contributed by atoms with Gasteiger partial charge in [0.2, 0.25) is 5.91 Å². The minimum Gasteiger partial charge on any atom is -0.497 e. The number of rotatable bonds is 10. The van der Waals surface area contributed by atoms with Crippen LogP contribution in [0.3, 0.4) is 0 Å². The minimum absolute atomic E-state index is 0.0591. The Morgan fingerprint density at radius 2 is 1.41 bits per heavy atom. The monoisotopic (exact) mass is 461 g/mol. The summed E-state index contributed by atoms with van der Waals surface area (Å²) in [4.78, 5) is 36.2. The number of amides is 1. The molecule has 0 unspecified atom stereocenters. The number of nitrogens with one attached hydrogen (secondary N) is 1. The number of hydrogen-bond acceptors (Lipinski definition) is 6. The van der Waals surface area contributed by atoms with E-state index in [0.717, 1.165) is 11.3 Å². The Hall–Kier alpha value is -4.13. The Kier molecular flexibility index (Phi) is 8.40. The molecule has 3 aromatic rings. The van der Waals surface area contributed by atoms with Crippen molar-refractivity contribution in [2.45, 2.75) is 26.7 Å². The highest BCUT2D eigenvalue weighted by Crippen LogP contribution is 2.25. The van der Waals surface area contributed by atoms with Gasteiger partial charge in [0.1, 0.15) is 17.2 Å². The lowest BCUT2D eigenvalue weighted by atomic mass is 10.1. The van der Waals surface area contributed by atoms with Crippen molar-refractivity contribution in [1.29, 1.82) is 0 Å². The molecule has 0 heterocycles. The van der Waals surface area contributed by atoms with Gasteiger partial charge in [-0.25, -0.2) is 0 Å². The van der Waals surface area contributed by atoms with Gasteiger partial charge in [0, 0.05) is 17.7 Å². The molecule has 34 heavy (non-hydrogen) atoms. The first-order chi connectivity index (χ1) is 16.3. The molecule has 0 bridgehead atoms. The molecule has 0 atom stereocenters. The van der Waals surface area contributed by atoms with Crippen LogP contribution in [0.15, 0.2) is 66.7 Å². The number of carbonyl (C=O) groups excluding carboxylic acids is 3. The third kappa shape index (κ3) is 7.20. The fraction of sp³-hybridized carbons (Fsp3) is 0.222. The summed E-state index contributed by atoms with van der Waals surface area (Å²) in [6.07, 6.45) is -0.188. The van der Waals surface area contributed by atoms with Gasteiger partial charge < -0.3 is 19.5 Å². The second-order valence-corrected chi connectivity index (χ2v) is 7.73. The van der Waals surface area contributed by atoms with Gasteiger partial charge in [0.05, 0.1) is 13.5 Å². The van der Waals surface area contributed by atoms with E-state index in [1.54, 1.807) is 48.5 Å². The number of ketones is 1. The van der Waals surface area contributed by atoms with Crippen LogP contribution in [-0.4, -0.2) is 31.4 Å². The van der Waals surface area contributed by atoms with Crippen molar-refractivity contribution in [2.24, 2.45) is 0 Å². The standard InChI is InChI=1S/C27H27NO6/c1-18-4-9-24(16-19(18)2)34-23-12-7-21(8-13-23)28-26(30)14-15-27(31)33-17-25(29)20-5-10-22(32-3)11-6-20/h4-13,16H,14-15,17H2,1-3H3,(H,28,30). The maximum absolute atomic E-state index is 12.2. The van der Waals surface area contributed by atoms with Crippen LogP contribution >= 0.6 is 0 Å². The quantitative estimate of drug-likeness (QED) is 0.328. The van der Waals surface area contributed by atoms with Crippen molar-refractivity contribution in [3.63, 3.8) is 0 Å². The molecule has 0 aliphatic heterocycles. The zero-order valence-corrected chi connectivity index (χ0v) is 19.4. The number of aryl methyl sites for hydroxylation is 2. The van der Waals surface area contributed by atoms with Gasteiger partial charge in [0.25, 0.3) is 0 Å². The summed E-state index contributed by atoms with van der Waals surface area (Å²) in [5, 5.41) is 2.73. The summed E-state index contributed by atoms with van der Waals surface area (Å²) in [7, 11) is 1.53. The predicted molar refractivity (Wildman–Crippen MR) is 129 cm³/mol. The molecular formula is C27H27NO6. The van der Waals surface area contributed by atoms with E-state index in [9.17, 15) is 14.4 Å². The lowest BCUT2D eigenvalue weighted by Crippen LogP contribution is -2.17. The molecule has 0 radical (unpaired) electrons. The Bertz CT molecular complexity index is 1150. The van der Waals surface area contributed by atoms with E-state index in [-0.39, 0.29) is 31.1 Å². The molecule has 0 fully saturated rings. The van der Waals surface area contributed by atoms with Gasteiger partial charge in [-0.1, -0.05) is 6.07 Å². The topological polar surface area (TPSA) is 90.9 Å². The highest BCUT2D eigenvalue weighted by atomic mass is 16.5. The van der Waals surface area contributed by atoms with Crippen LogP contribution in [0.2, 0.25) is 0 Å². The smallest absolute Gasteiger partial charge is 0.306 e. The first kappa shape index (κ1) is 24.5. The molecule has 3 aromatic carbocycles. The van der Waals surface area contributed by atoms with Gasteiger partial charge in [-0.05, 0) is 85.6 Å². The maximum Gasteiger partial charge on any atom is 0.306 e. The van der Waals surface area contributed by atoms with Gasteiger partial charge in [-0.3, -0.25) is 14.4 Å². The lowest BCUT2D eigenvalue weighted by molar-refractivity contribution is -0.143. The van der Waals surface area contributed by atoms with Crippen molar-refractivity contribution >= 4 is 23.3 Å². The average molecular weight is 462 g/mol. The van der Waals surface area contributed by atoms with Crippen molar-refractivity contribution < 1.29 is 28.6 Å². The summed E-state index contributed by atoms with van der Waals surface area (Å²) in [5.41, 5.74) is 3.33. The number of carbonyl (C=O) groups is 3. The fourth-order valence-corrected chi connectivity index (χ4v) is 3.04. The first-order valence-corrected chi connectivity index (χ1v) is 10.8. The number of esters is 1. The van der Waals surface area contributed by atoms with E-state index in [2.05, 4.69) is 5.32 Å². The van der Waals surface area contributed by atoms with Crippen LogP contribution in [0.25, 0.3) is 0 Å². The Morgan fingerprint density at radius 3 is 2.06 bits per heavy atom. The normalized spacial score (nSPS) is 10.3. The number of methoxy groups -OCH3 is 1. The second kappa shape index (κ2) is 11.7. The van der Waals surface area contributed by atoms with Gasteiger partial charge in [-0.15, -0.1) is 0 Å². The molecule has 0 spiro atoms. The van der Waals surface area contributed by atoms with Gasteiger partial charge in [-0.2, -0.15) is 0 Å². The summed E-state index contributed by atoms with van der Waals surface area (Å²) in [6.45, 7) is 3.68. The molecule has 7 nitrogen and oxygen atoms in total. The van der Waals surface area contributed by atoms with Crippen molar-refractivity contribution in [3.8, 4) is 17.2 Å². The second-order valence-electron chi connectivity index (χ2n) is 7.73. The molecule has 0 saturated carbocycles.